The predicted molar refractivity (Wildman–Crippen MR) is 103 cm³/mol. The van der Waals surface area contributed by atoms with E-state index in [-0.39, 0.29) is 28.6 Å². The Bertz CT molecular complexity index is 1190. The van der Waals surface area contributed by atoms with Crippen molar-refractivity contribution in [3.8, 4) is 0 Å². The summed E-state index contributed by atoms with van der Waals surface area (Å²) in [7, 11) is 1.48. The van der Waals surface area contributed by atoms with Crippen molar-refractivity contribution in [2.24, 2.45) is 0 Å². The number of carbonyl (C=O) groups excluding carboxylic acids is 1. The lowest BCUT2D eigenvalue weighted by Crippen LogP contribution is -2.37. The van der Waals surface area contributed by atoms with Crippen LogP contribution < -0.4 is 5.56 Å². The first-order valence-corrected chi connectivity index (χ1v) is 9.41. The number of carbonyl (C=O) groups is 1. The average molecular weight is 467 g/mol. The highest BCUT2D eigenvalue weighted by atomic mass is 79.9. The summed E-state index contributed by atoms with van der Waals surface area (Å²) in [5.41, 5.74) is 0.448. The number of aromatic nitrogens is 1. The van der Waals surface area contributed by atoms with Gasteiger partial charge in [0.25, 0.3) is 11.5 Å². The molecule has 0 saturated carbocycles. The number of hydrogen-bond donors (Lipinski definition) is 1. The van der Waals surface area contributed by atoms with Crippen LogP contribution in [-0.2, 0) is 11.3 Å². The zero-order valence-corrected chi connectivity index (χ0v) is 16.6. The minimum Gasteiger partial charge on any atom is -0.373 e. The quantitative estimate of drug-likeness (QED) is 0.579. The van der Waals surface area contributed by atoms with Crippen LogP contribution in [0.15, 0.2) is 39.6 Å². The van der Waals surface area contributed by atoms with Gasteiger partial charge in [-0.2, -0.15) is 0 Å². The second-order valence-corrected chi connectivity index (χ2v) is 7.53. The van der Waals surface area contributed by atoms with Gasteiger partial charge in [-0.15, -0.1) is 0 Å². The molecule has 150 valence electrons. The normalized spacial score (nSPS) is 16.0. The fraction of sp³-hybridized carbons (Fsp3) is 0.200. The molecule has 0 radical (unpaired) electrons. The van der Waals surface area contributed by atoms with Gasteiger partial charge in [-0.05, 0) is 45.6 Å². The molecule has 3 aromatic rings. The van der Waals surface area contributed by atoms with Gasteiger partial charge in [0.2, 0.25) is 0 Å². The number of aromatic amines is 1. The molecular formula is C20H14BrF3N2O3. The number of halogens is 4. The summed E-state index contributed by atoms with van der Waals surface area (Å²) < 4.78 is 46.6. The van der Waals surface area contributed by atoms with E-state index in [1.807, 2.05) is 0 Å². The van der Waals surface area contributed by atoms with E-state index in [4.69, 9.17) is 4.74 Å². The van der Waals surface area contributed by atoms with Crippen molar-refractivity contribution < 1.29 is 22.7 Å². The number of amides is 1. The fourth-order valence-electron chi connectivity index (χ4n) is 3.55. The molecule has 0 fully saturated rings. The Balaban J connectivity index is 1.82. The maximum absolute atomic E-state index is 13.9. The maximum Gasteiger partial charge on any atom is 0.256 e. The molecule has 29 heavy (non-hydrogen) atoms. The second-order valence-electron chi connectivity index (χ2n) is 6.74. The molecular weight excluding hydrogens is 453 g/mol. The van der Waals surface area contributed by atoms with Crippen molar-refractivity contribution in [1.29, 1.82) is 0 Å². The van der Waals surface area contributed by atoms with Gasteiger partial charge in [0.15, 0.2) is 0 Å². The number of benzene rings is 2. The van der Waals surface area contributed by atoms with Crippen LogP contribution >= 0.6 is 15.9 Å². The molecule has 0 aliphatic carbocycles. The first kappa shape index (κ1) is 19.7. The number of H-pyrrole nitrogens is 1. The summed E-state index contributed by atoms with van der Waals surface area (Å²) in [4.78, 5) is 29.2. The Labute approximate surface area is 171 Å². The monoisotopic (exact) mass is 466 g/mol. The van der Waals surface area contributed by atoms with Gasteiger partial charge < -0.3 is 14.6 Å². The Morgan fingerprint density at radius 3 is 2.55 bits per heavy atom. The number of hydrogen-bond acceptors (Lipinski definition) is 3. The average Bonchev–Trinajstić information content (AvgIpc) is 2.70. The summed E-state index contributed by atoms with van der Waals surface area (Å²) in [5, 5.41) is 0.642. The predicted octanol–water partition coefficient (Wildman–Crippen LogP) is 4.05. The van der Waals surface area contributed by atoms with E-state index in [1.165, 1.54) is 24.1 Å². The highest BCUT2D eigenvalue weighted by Gasteiger charge is 2.31. The molecule has 1 aliphatic rings. The number of rotatable bonds is 2. The van der Waals surface area contributed by atoms with Gasteiger partial charge in [0, 0.05) is 23.9 Å². The number of likely N-dealkylation sites (N-methyl/N-ethyl adjacent to an activating group) is 1. The number of nitrogens with zero attached hydrogens (tertiary/aromatic N) is 1. The maximum atomic E-state index is 13.9. The molecule has 1 atom stereocenters. The largest absolute Gasteiger partial charge is 0.373 e. The summed E-state index contributed by atoms with van der Waals surface area (Å²) in [6.07, 6.45) is 0. The third kappa shape index (κ3) is 3.34. The minimum absolute atomic E-state index is 0.106. The molecule has 9 heteroatoms. The number of ether oxygens (including phenoxy) is 1. The van der Waals surface area contributed by atoms with Gasteiger partial charge in [0.1, 0.15) is 17.5 Å². The number of nitrogens with one attached hydrogen (secondary N) is 1. The Morgan fingerprint density at radius 2 is 1.86 bits per heavy atom. The highest BCUT2D eigenvalue weighted by molar-refractivity contribution is 9.10. The van der Waals surface area contributed by atoms with E-state index >= 15 is 0 Å². The van der Waals surface area contributed by atoms with Crippen molar-refractivity contribution in [1.82, 2.24) is 9.88 Å². The van der Waals surface area contributed by atoms with Crippen LogP contribution in [0.1, 0.15) is 27.7 Å². The first-order valence-electron chi connectivity index (χ1n) is 8.61. The third-order valence-corrected chi connectivity index (χ3v) is 5.74. The van der Waals surface area contributed by atoms with Crippen LogP contribution in [0.2, 0.25) is 0 Å². The SMILES string of the molecule is CN(C(=O)c1cc(F)c(Br)c(F)c1)C1COCc2[nH]c(=O)c3cc(F)ccc3c21. The standard InChI is InChI=1S/C20H14BrF3N2O3/c1-26(20(28)9-4-13(23)18(21)14(24)5-9)16-8-29-7-15-17(16)11-3-2-10(22)6-12(11)19(27)25-15/h2-6,16H,7-8H2,1H3,(H,25,27). The zero-order chi connectivity index (χ0) is 20.9. The molecule has 1 unspecified atom stereocenters. The topological polar surface area (TPSA) is 62.4 Å². The second kappa shape index (κ2) is 7.31. The van der Waals surface area contributed by atoms with Gasteiger partial charge in [0.05, 0.1) is 29.1 Å². The Hall–Kier alpha value is -2.65. The van der Waals surface area contributed by atoms with Gasteiger partial charge in [-0.25, -0.2) is 13.2 Å². The van der Waals surface area contributed by atoms with E-state index in [0.29, 0.717) is 16.6 Å². The number of pyridine rings is 1. The van der Waals surface area contributed by atoms with Crippen LogP contribution in [-0.4, -0.2) is 29.4 Å². The molecule has 1 aliphatic heterocycles. The first-order chi connectivity index (χ1) is 13.8. The van der Waals surface area contributed by atoms with Crippen LogP contribution in [0.3, 0.4) is 0 Å². The molecule has 1 N–H and O–H groups in total. The van der Waals surface area contributed by atoms with Gasteiger partial charge in [-0.3, -0.25) is 9.59 Å². The van der Waals surface area contributed by atoms with Crippen molar-refractivity contribution in [2.45, 2.75) is 12.6 Å². The molecule has 1 amide bonds. The van der Waals surface area contributed by atoms with Crippen LogP contribution in [0.4, 0.5) is 13.2 Å². The smallest absolute Gasteiger partial charge is 0.256 e. The van der Waals surface area contributed by atoms with Crippen LogP contribution in [0.5, 0.6) is 0 Å². The molecule has 0 saturated heterocycles. The van der Waals surface area contributed by atoms with Crippen molar-refractivity contribution >= 4 is 32.6 Å². The van der Waals surface area contributed by atoms with E-state index in [2.05, 4.69) is 20.9 Å². The molecule has 2 aromatic carbocycles. The molecule has 0 spiro atoms. The highest BCUT2D eigenvalue weighted by Crippen LogP contribution is 2.34. The summed E-state index contributed by atoms with van der Waals surface area (Å²) in [6, 6.07) is 5.08. The molecule has 2 heterocycles. The van der Waals surface area contributed by atoms with E-state index in [9.17, 15) is 22.8 Å². The lowest BCUT2D eigenvalue weighted by atomic mass is 9.95. The van der Waals surface area contributed by atoms with E-state index in [1.54, 1.807) is 0 Å². The van der Waals surface area contributed by atoms with E-state index < -0.39 is 35.0 Å². The Morgan fingerprint density at radius 1 is 1.17 bits per heavy atom. The number of fused-ring (bicyclic) bond motifs is 3. The minimum atomic E-state index is -0.896. The fourth-order valence-corrected chi connectivity index (χ4v) is 3.78. The van der Waals surface area contributed by atoms with E-state index in [0.717, 1.165) is 18.2 Å². The summed E-state index contributed by atoms with van der Waals surface area (Å²) in [6.45, 7) is 0.229. The molecule has 0 bridgehead atoms. The zero-order valence-electron chi connectivity index (χ0n) is 15.1. The van der Waals surface area contributed by atoms with Crippen LogP contribution in [0.25, 0.3) is 10.8 Å². The molecule has 4 rings (SSSR count). The lowest BCUT2D eigenvalue weighted by Gasteiger charge is -2.34. The van der Waals surface area contributed by atoms with Crippen molar-refractivity contribution in [2.75, 3.05) is 13.7 Å². The Kier molecular flexibility index (Phi) is 4.95. The molecule has 1 aromatic heterocycles. The summed E-state index contributed by atoms with van der Waals surface area (Å²) >= 11 is 2.78. The van der Waals surface area contributed by atoms with Gasteiger partial charge in [-0.1, -0.05) is 6.07 Å². The lowest BCUT2D eigenvalue weighted by molar-refractivity contribution is 0.0335. The van der Waals surface area contributed by atoms with Crippen molar-refractivity contribution in [3.05, 3.63) is 79.4 Å². The molecule has 5 nitrogen and oxygen atoms in total. The van der Waals surface area contributed by atoms with Crippen LogP contribution in [0, 0.1) is 17.5 Å². The van der Waals surface area contributed by atoms with Gasteiger partial charge >= 0.3 is 0 Å². The third-order valence-electron chi connectivity index (χ3n) is 4.98. The summed E-state index contributed by atoms with van der Waals surface area (Å²) in [5.74, 6) is -2.98. The van der Waals surface area contributed by atoms with Crippen molar-refractivity contribution in [3.63, 3.8) is 0 Å².